The molecule has 0 saturated heterocycles. The molecule has 20 heavy (non-hydrogen) atoms. The molecule has 6 nitrogen and oxygen atoms in total. The zero-order valence-electron chi connectivity index (χ0n) is 11.7. The van der Waals surface area contributed by atoms with Crippen molar-refractivity contribution in [3.05, 3.63) is 42.0 Å². The molecule has 1 amide bonds. The van der Waals surface area contributed by atoms with Gasteiger partial charge in [0.15, 0.2) is 0 Å². The van der Waals surface area contributed by atoms with Crippen LogP contribution >= 0.6 is 0 Å². The Kier molecular flexibility index (Phi) is 4.34. The maximum absolute atomic E-state index is 12.0. The molecule has 106 valence electrons. The Morgan fingerprint density at radius 2 is 2.15 bits per heavy atom. The number of anilines is 1. The molecule has 1 aromatic carbocycles. The SMILES string of the molecule is CC(C)c1nncn1CCNC(=O)c1ccccc1N. The number of nitrogens with two attached hydrogens (primary N) is 1. The smallest absolute Gasteiger partial charge is 0.253 e. The molecule has 2 aromatic rings. The van der Waals surface area contributed by atoms with Crippen LogP contribution in [-0.4, -0.2) is 27.2 Å². The van der Waals surface area contributed by atoms with E-state index in [1.165, 1.54) is 0 Å². The Hall–Kier alpha value is -2.37. The van der Waals surface area contributed by atoms with Crippen molar-refractivity contribution in [3.63, 3.8) is 0 Å². The summed E-state index contributed by atoms with van der Waals surface area (Å²) in [6, 6.07) is 7.02. The zero-order chi connectivity index (χ0) is 14.5. The Labute approximate surface area is 118 Å². The van der Waals surface area contributed by atoms with Crippen molar-refractivity contribution in [2.75, 3.05) is 12.3 Å². The van der Waals surface area contributed by atoms with E-state index in [4.69, 9.17) is 5.73 Å². The monoisotopic (exact) mass is 273 g/mol. The zero-order valence-corrected chi connectivity index (χ0v) is 11.7. The molecule has 0 aliphatic rings. The van der Waals surface area contributed by atoms with E-state index in [0.29, 0.717) is 30.3 Å². The molecule has 0 spiro atoms. The van der Waals surface area contributed by atoms with E-state index >= 15 is 0 Å². The number of carbonyl (C=O) groups is 1. The Bertz CT molecular complexity index is 591. The fourth-order valence-corrected chi connectivity index (χ4v) is 1.97. The van der Waals surface area contributed by atoms with Gasteiger partial charge >= 0.3 is 0 Å². The van der Waals surface area contributed by atoms with Gasteiger partial charge in [-0.2, -0.15) is 0 Å². The van der Waals surface area contributed by atoms with Crippen LogP contribution in [0.3, 0.4) is 0 Å². The normalized spacial score (nSPS) is 10.8. The molecule has 0 bridgehead atoms. The molecule has 1 heterocycles. The van der Waals surface area contributed by atoms with Crippen LogP contribution < -0.4 is 11.1 Å². The first-order chi connectivity index (χ1) is 9.59. The van der Waals surface area contributed by atoms with E-state index in [9.17, 15) is 4.79 Å². The average Bonchev–Trinajstić information content (AvgIpc) is 2.87. The van der Waals surface area contributed by atoms with Crippen LogP contribution in [0.4, 0.5) is 5.69 Å². The van der Waals surface area contributed by atoms with Gasteiger partial charge in [-0.15, -0.1) is 10.2 Å². The second kappa shape index (κ2) is 6.18. The van der Waals surface area contributed by atoms with E-state index in [1.54, 1.807) is 30.6 Å². The summed E-state index contributed by atoms with van der Waals surface area (Å²) in [5.41, 5.74) is 6.75. The van der Waals surface area contributed by atoms with Gasteiger partial charge < -0.3 is 15.6 Å². The number of carbonyl (C=O) groups excluding carboxylic acids is 1. The third-order valence-corrected chi connectivity index (χ3v) is 3.01. The molecule has 0 fully saturated rings. The van der Waals surface area contributed by atoms with Crippen LogP contribution in [0.15, 0.2) is 30.6 Å². The molecule has 0 radical (unpaired) electrons. The summed E-state index contributed by atoms with van der Waals surface area (Å²) in [5, 5.41) is 10.8. The van der Waals surface area contributed by atoms with Gasteiger partial charge in [0.1, 0.15) is 12.2 Å². The number of para-hydroxylation sites is 1. The molecule has 0 saturated carbocycles. The predicted molar refractivity (Wildman–Crippen MR) is 77.3 cm³/mol. The van der Waals surface area contributed by atoms with E-state index in [0.717, 1.165) is 5.82 Å². The molecule has 3 N–H and O–H groups in total. The third kappa shape index (κ3) is 3.14. The number of aromatic nitrogens is 3. The minimum absolute atomic E-state index is 0.165. The number of nitrogens with one attached hydrogen (secondary N) is 1. The molecule has 1 aromatic heterocycles. The summed E-state index contributed by atoms with van der Waals surface area (Å²) < 4.78 is 1.94. The molecular formula is C14H19N5O. The fourth-order valence-electron chi connectivity index (χ4n) is 1.97. The van der Waals surface area contributed by atoms with Gasteiger partial charge in [0.25, 0.3) is 5.91 Å². The highest BCUT2D eigenvalue weighted by Gasteiger charge is 2.10. The van der Waals surface area contributed by atoms with Crippen LogP contribution in [0.1, 0.15) is 35.9 Å². The van der Waals surface area contributed by atoms with Crippen molar-refractivity contribution in [3.8, 4) is 0 Å². The first-order valence-electron chi connectivity index (χ1n) is 6.60. The second-order valence-electron chi connectivity index (χ2n) is 4.88. The number of nitrogen functional groups attached to an aromatic ring is 1. The average molecular weight is 273 g/mol. The highest BCUT2D eigenvalue weighted by Crippen LogP contribution is 2.11. The summed E-state index contributed by atoms with van der Waals surface area (Å²) >= 11 is 0. The van der Waals surface area contributed by atoms with Gasteiger partial charge in [-0.25, -0.2) is 0 Å². The van der Waals surface area contributed by atoms with E-state index in [1.807, 2.05) is 4.57 Å². The molecule has 0 aliphatic heterocycles. The van der Waals surface area contributed by atoms with Gasteiger partial charge in [0, 0.05) is 24.7 Å². The highest BCUT2D eigenvalue weighted by atomic mass is 16.1. The fraction of sp³-hybridized carbons (Fsp3) is 0.357. The Morgan fingerprint density at radius 1 is 1.40 bits per heavy atom. The largest absolute Gasteiger partial charge is 0.398 e. The van der Waals surface area contributed by atoms with Crippen molar-refractivity contribution >= 4 is 11.6 Å². The maximum Gasteiger partial charge on any atom is 0.253 e. The lowest BCUT2D eigenvalue weighted by atomic mass is 10.1. The number of nitrogens with zero attached hydrogens (tertiary/aromatic N) is 3. The standard InChI is InChI=1S/C14H19N5O/c1-10(2)13-18-17-9-19(13)8-7-16-14(20)11-5-3-4-6-12(11)15/h3-6,9-10H,7-8,15H2,1-2H3,(H,16,20). The molecule has 2 rings (SSSR count). The van der Waals surface area contributed by atoms with Crippen molar-refractivity contribution in [1.82, 2.24) is 20.1 Å². The summed E-state index contributed by atoms with van der Waals surface area (Å²) in [7, 11) is 0. The van der Waals surface area contributed by atoms with Crippen LogP contribution in [0.2, 0.25) is 0 Å². The van der Waals surface area contributed by atoms with Gasteiger partial charge in [-0.1, -0.05) is 26.0 Å². The molecule has 0 aliphatic carbocycles. The summed E-state index contributed by atoms with van der Waals surface area (Å²) in [6.45, 7) is 5.26. The maximum atomic E-state index is 12.0. The number of hydrogen-bond acceptors (Lipinski definition) is 4. The lowest BCUT2D eigenvalue weighted by molar-refractivity contribution is 0.0953. The minimum atomic E-state index is -0.165. The van der Waals surface area contributed by atoms with Crippen LogP contribution in [-0.2, 0) is 6.54 Å². The van der Waals surface area contributed by atoms with Crippen LogP contribution in [0.25, 0.3) is 0 Å². The molecule has 0 atom stereocenters. The van der Waals surface area contributed by atoms with Crippen LogP contribution in [0, 0.1) is 0 Å². The Balaban J connectivity index is 1.92. The van der Waals surface area contributed by atoms with Gasteiger partial charge in [-0.05, 0) is 12.1 Å². The van der Waals surface area contributed by atoms with Gasteiger partial charge in [0.05, 0.1) is 5.56 Å². The quantitative estimate of drug-likeness (QED) is 0.807. The molecule has 0 unspecified atom stereocenters. The highest BCUT2D eigenvalue weighted by molar-refractivity contribution is 5.98. The summed E-state index contributed by atoms with van der Waals surface area (Å²) in [5.74, 6) is 1.05. The van der Waals surface area contributed by atoms with Gasteiger partial charge in [-0.3, -0.25) is 4.79 Å². The number of hydrogen-bond donors (Lipinski definition) is 2. The predicted octanol–water partition coefficient (Wildman–Crippen LogP) is 1.41. The number of amides is 1. The van der Waals surface area contributed by atoms with Gasteiger partial charge in [0.2, 0.25) is 0 Å². The topological polar surface area (TPSA) is 85.8 Å². The van der Waals surface area contributed by atoms with Crippen molar-refractivity contribution in [2.45, 2.75) is 26.3 Å². The Morgan fingerprint density at radius 3 is 2.85 bits per heavy atom. The minimum Gasteiger partial charge on any atom is -0.398 e. The lowest BCUT2D eigenvalue weighted by Crippen LogP contribution is -2.28. The van der Waals surface area contributed by atoms with E-state index in [-0.39, 0.29) is 5.91 Å². The number of rotatable bonds is 5. The number of benzene rings is 1. The first-order valence-corrected chi connectivity index (χ1v) is 6.60. The second-order valence-corrected chi connectivity index (χ2v) is 4.88. The summed E-state index contributed by atoms with van der Waals surface area (Å²) in [6.07, 6.45) is 1.68. The lowest BCUT2D eigenvalue weighted by Gasteiger charge is -2.10. The first kappa shape index (κ1) is 14.0. The van der Waals surface area contributed by atoms with Crippen molar-refractivity contribution in [2.24, 2.45) is 0 Å². The van der Waals surface area contributed by atoms with Crippen LogP contribution in [0.5, 0.6) is 0 Å². The van der Waals surface area contributed by atoms with E-state index < -0.39 is 0 Å². The third-order valence-electron chi connectivity index (χ3n) is 3.01. The molecular weight excluding hydrogens is 254 g/mol. The van der Waals surface area contributed by atoms with Crippen molar-refractivity contribution in [1.29, 1.82) is 0 Å². The van der Waals surface area contributed by atoms with E-state index in [2.05, 4.69) is 29.4 Å². The van der Waals surface area contributed by atoms with Crippen molar-refractivity contribution < 1.29 is 4.79 Å². The summed E-state index contributed by atoms with van der Waals surface area (Å²) in [4.78, 5) is 12.0. The molecule has 6 heteroatoms.